The highest BCUT2D eigenvalue weighted by Crippen LogP contribution is 2.34. The van der Waals surface area contributed by atoms with E-state index in [4.69, 9.17) is 0 Å². The Hall–Kier alpha value is -2.70. The predicted octanol–water partition coefficient (Wildman–Crippen LogP) is 2.91. The monoisotopic (exact) mass is 370 g/mol. The summed E-state index contributed by atoms with van der Waals surface area (Å²) < 4.78 is 13.3. The van der Waals surface area contributed by atoms with Gasteiger partial charge in [0.2, 0.25) is 5.91 Å². The first-order valence-corrected chi connectivity index (χ1v) is 9.52. The van der Waals surface area contributed by atoms with Gasteiger partial charge in [0.1, 0.15) is 11.9 Å². The van der Waals surface area contributed by atoms with Gasteiger partial charge in [-0.1, -0.05) is 31.4 Å². The molecule has 2 amide bonds. The molecule has 1 aromatic heterocycles. The third-order valence-corrected chi connectivity index (χ3v) is 5.57. The zero-order valence-electron chi connectivity index (χ0n) is 15.1. The fraction of sp³-hybridized carbons (Fsp3) is 0.450. The van der Waals surface area contributed by atoms with Crippen LogP contribution in [0.2, 0.25) is 0 Å². The van der Waals surface area contributed by atoms with Crippen LogP contribution in [0.4, 0.5) is 4.39 Å². The molecule has 0 bridgehead atoms. The highest BCUT2D eigenvalue weighted by atomic mass is 19.1. The topological polar surface area (TPSA) is 78.1 Å². The van der Waals surface area contributed by atoms with Crippen LogP contribution in [0.1, 0.15) is 65.7 Å². The molecule has 6 nitrogen and oxygen atoms in total. The maximum atomic E-state index is 13.3. The Balaban J connectivity index is 1.64. The lowest BCUT2D eigenvalue weighted by Gasteiger charge is -2.35. The van der Waals surface area contributed by atoms with E-state index >= 15 is 0 Å². The molecule has 1 atom stereocenters. The smallest absolute Gasteiger partial charge is 0.258 e. The first kappa shape index (κ1) is 17.7. The summed E-state index contributed by atoms with van der Waals surface area (Å²) in [6.07, 6.45) is 7.20. The zero-order valence-corrected chi connectivity index (χ0v) is 15.1. The van der Waals surface area contributed by atoms with Crippen LogP contribution in [0.15, 0.2) is 30.5 Å². The molecule has 0 spiro atoms. The van der Waals surface area contributed by atoms with Crippen molar-refractivity contribution in [3.05, 3.63) is 53.1 Å². The van der Waals surface area contributed by atoms with Crippen molar-refractivity contribution in [2.45, 2.75) is 44.1 Å². The number of hydrogen-bond donors (Lipinski definition) is 2. The van der Waals surface area contributed by atoms with E-state index in [2.05, 4.69) is 15.5 Å². The molecule has 2 aliphatic rings. The second-order valence-electron chi connectivity index (χ2n) is 7.28. The number of piperazine rings is 1. The Morgan fingerprint density at radius 3 is 2.63 bits per heavy atom. The molecular formula is C20H23FN4O2. The van der Waals surface area contributed by atoms with E-state index in [9.17, 15) is 14.0 Å². The second-order valence-corrected chi connectivity index (χ2v) is 7.28. The van der Waals surface area contributed by atoms with Crippen molar-refractivity contribution >= 4 is 11.8 Å². The molecule has 1 aromatic carbocycles. The van der Waals surface area contributed by atoms with Crippen LogP contribution in [0.3, 0.4) is 0 Å². The van der Waals surface area contributed by atoms with Crippen molar-refractivity contribution in [2.24, 2.45) is 0 Å². The van der Waals surface area contributed by atoms with Gasteiger partial charge in [-0.05, 0) is 30.5 Å². The van der Waals surface area contributed by atoms with Crippen molar-refractivity contribution in [2.75, 3.05) is 13.1 Å². The van der Waals surface area contributed by atoms with Crippen molar-refractivity contribution in [3.63, 3.8) is 0 Å². The maximum Gasteiger partial charge on any atom is 0.258 e. The minimum atomic E-state index is -0.763. The number of aromatic nitrogens is 2. The Morgan fingerprint density at radius 1 is 1.15 bits per heavy atom. The molecule has 7 heteroatoms. The van der Waals surface area contributed by atoms with Gasteiger partial charge in [-0.3, -0.25) is 14.7 Å². The van der Waals surface area contributed by atoms with E-state index in [0.29, 0.717) is 30.1 Å². The summed E-state index contributed by atoms with van der Waals surface area (Å²) in [5.41, 5.74) is 2.02. The quantitative estimate of drug-likeness (QED) is 0.872. The lowest BCUT2D eigenvalue weighted by Crippen LogP contribution is -2.52. The Labute approximate surface area is 157 Å². The SMILES string of the molecule is O=C1NCCN(C(=O)c2cn[nH]c2C2CCCCC2)C1c1ccc(F)cc1. The Bertz CT molecular complexity index is 827. The standard InChI is InChI=1S/C20H23FN4O2/c21-15-8-6-14(7-9-15)18-19(26)22-10-11-25(18)20(27)16-12-23-24-17(16)13-4-2-1-3-5-13/h6-9,12-13,18H,1-5,10-11H2,(H,22,26)(H,23,24). The molecule has 27 heavy (non-hydrogen) atoms. The zero-order chi connectivity index (χ0) is 18.8. The summed E-state index contributed by atoms with van der Waals surface area (Å²) in [6.45, 7) is 0.806. The number of rotatable bonds is 3. The summed E-state index contributed by atoms with van der Waals surface area (Å²) in [6, 6.07) is 4.97. The van der Waals surface area contributed by atoms with Gasteiger partial charge in [0.25, 0.3) is 5.91 Å². The van der Waals surface area contributed by atoms with E-state index in [1.807, 2.05) is 0 Å². The molecule has 1 saturated carbocycles. The molecular weight excluding hydrogens is 347 g/mol. The number of nitrogens with zero attached hydrogens (tertiary/aromatic N) is 2. The molecule has 2 heterocycles. The largest absolute Gasteiger partial charge is 0.352 e. The summed E-state index contributed by atoms with van der Waals surface area (Å²) in [7, 11) is 0. The van der Waals surface area contributed by atoms with E-state index in [1.165, 1.54) is 18.6 Å². The third kappa shape index (κ3) is 3.46. The number of hydrogen-bond acceptors (Lipinski definition) is 3. The van der Waals surface area contributed by atoms with E-state index in [1.54, 1.807) is 23.2 Å². The van der Waals surface area contributed by atoms with Gasteiger partial charge in [-0.25, -0.2) is 4.39 Å². The van der Waals surface area contributed by atoms with E-state index in [-0.39, 0.29) is 17.6 Å². The van der Waals surface area contributed by atoms with Crippen molar-refractivity contribution < 1.29 is 14.0 Å². The molecule has 1 saturated heterocycles. The summed E-state index contributed by atoms with van der Waals surface area (Å²) in [5.74, 6) is -0.511. The summed E-state index contributed by atoms with van der Waals surface area (Å²) in [5, 5.41) is 9.94. The molecule has 1 unspecified atom stereocenters. The van der Waals surface area contributed by atoms with Crippen LogP contribution in [-0.2, 0) is 4.79 Å². The highest BCUT2D eigenvalue weighted by Gasteiger charge is 2.36. The molecule has 2 aromatic rings. The number of carbonyl (C=O) groups is 2. The highest BCUT2D eigenvalue weighted by molar-refractivity contribution is 5.99. The minimum absolute atomic E-state index is 0.200. The number of aromatic amines is 1. The number of H-pyrrole nitrogens is 1. The third-order valence-electron chi connectivity index (χ3n) is 5.57. The lowest BCUT2D eigenvalue weighted by atomic mass is 9.85. The predicted molar refractivity (Wildman–Crippen MR) is 97.6 cm³/mol. The Kier molecular flexibility index (Phi) is 4.92. The first-order valence-electron chi connectivity index (χ1n) is 9.52. The van der Waals surface area contributed by atoms with Crippen LogP contribution in [0, 0.1) is 5.82 Å². The van der Waals surface area contributed by atoms with Gasteiger partial charge in [-0.15, -0.1) is 0 Å². The van der Waals surface area contributed by atoms with E-state index in [0.717, 1.165) is 31.4 Å². The second kappa shape index (κ2) is 7.50. The number of carbonyl (C=O) groups excluding carboxylic acids is 2. The van der Waals surface area contributed by atoms with Gasteiger partial charge < -0.3 is 10.2 Å². The molecule has 0 radical (unpaired) electrons. The summed E-state index contributed by atoms with van der Waals surface area (Å²) >= 11 is 0. The molecule has 2 fully saturated rings. The van der Waals surface area contributed by atoms with Gasteiger partial charge in [-0.2, -0.15) is 5.10 Å². The van der Waals surface area contributed by atoms with Crippen molar-refractivity contribution in [1.29, 1.82) is 0 Å². The fourth-order valence-corrected chi connectivity index (χ4v) is 4.19. The Morgan fingerprint density at radius 2 is 1.89 bits per heavy atom. The molecule has 4 rings (SSSR count). The van der Waals surface area contributed by atoms with Crippen LogP contribution in [-0.4, -0.2) is 40.0 Å². The van der Waals surface area contributed by atoms with Gasteiger partial charge >= 0.3 is 0 Å². The number of benzene rings is 1. The number of nitrogens with one attached hydrogen (secondary N) is 2. The van der Waals surface area contributed by atoms with Gasteiger partial charge in [0, 0.05) is 19.0 Å². The average Bonchev–Trinajstić information content (AvgIpc) is 3.19. The molecule has 1 aliphatic heterocycles. The number of amides is 2. The van der Waals surface area contributed by atoms with Crippen LogP contribution in [0.5, 0.6) is 0 Å². The minimum Gasteiger partial charge on any atom is -0.352 e. The fourth-order valence-electron chi connectivity index (χ4n) is 4.19. The molecule has 1 aliphatic carbocycles. The normalized spacial score (nSPS) is 21.1. The van der Waals surface area contributed by atoms with Gasteiger partial charge in [0.15, 0.2) is 0 Å². The van der Waals surface area contributed by atoms with Crippen LogP contribution in [0.25, 0.3) is 0 Å². The van der Waals surface area contributed by atoms with Crippen LogP contribution < -0.4 is 5.32 Å². The van der Waals surface area contributed by atoms with E-state index < -0.39 is 6.04 Å². The van der Waals surface area contributed by atoms with Gasteiger partial charge in [0.05, 0.1) is 17.5 Å². The molecule has 142 valence electrons. The van der Waals surface area contributed by atoms with Crippen molar-refractivity contribution in [3.8, 4) is 0 Å². The number of halogens is 1. The molecule has 2 N–H and O–H groups in total. The lowest BCUT2D eigenvalue weighted by molar-refractivity contribution is -0.128. The average molecular weight is 370 g/mol. The summed E-state index contributed by atoms with van der Waals surface area (Å²) in [4.78, 5) is 27.4. The van der Waals surface area contributed by atoms with Crippen LogP contribution >= 0.6 is 0 Å². The maximum absolute atomic E-state index is 13.3. The van der Waals surface area contributed by atoms with Crippen molar-refractivity contribution in [1.82, 2.24) is 20.4 Å². The first-order chi connectivity index (χ1) is 13.1.